The van der Waals surface area contributed by atoms with Crippen molar-refractivity contribution in [3.8, 4) is 0 Å². The van der Waals surface area contributed by atoms with Crippen LogP contribution in [0.25, 0.3) is 0 Å². The highest BCUT2D eigenvalue weighted by Gasteiger charge is 2.26. The van der Waals surface area contributed by atoms with Gasteiger partial charge in [-0.2, -0.15) is 0 Å². The molecule has 0 aliphatic carbocycles. The number of aromatic nitrogens is 1. The summed E-state index contributed by atoms with van der Waals surface area (Å²) in [6, 6.07) is 4.83. The van der Waals surface area contributed by atoms with Gasteiger partial charge >= 0.3 is 0 Å². The van der Waals surface area contributed by atoms with Crippen LogP contribution in [0.4, 0.5) is 5.69 Å². The molecule has 0 spiro atoms. The SMILES string of the molecule is CC(C)(NC(=O)c1ccc(N)c(Cl)c1)c1nccs1. The van der Waals surface area contributed by atoms with E-state index >= 15 is 0 Å². The lowest BCUT2D eigenvalue weighted by Crippen LogP contribution is -2.40. The number of anilines is 1. The molecule has 3 N–H and O–H groups in total. The zero-order valence-corrected chi connectivity index (χ0v) is 12.2. The molecular formula is C13H14ClN3OS. The minimum Gasteiger partial charge on any atom is -0.398 e. The fraction of sp³-hybridized carbons (Fsp3) is 0.231. The molecule has 1 amide bonds. The molecule has 0 saturated heterocycles. The highest BCUT2D eigenvalue weighted by Crippen LogP contribution is 2.24. The van der Waals surface area contributed by atoms with Gasteiger partial charge in [-0.05, 0) is 32.0 Å². The van der Waals surface area contributed by atoms with Gasteiger partial charge in [0.15, 0.2) is 0 Å². The Bertz CT molecular complexity index is 596. The summed E-state index contributed by atoms with van der Waals surface area (Å²) < 4.78 is 0. The molecule has 100 valence electrons. The second-order valence-electron chi connectivity index (χ2n) is 4.65. The summed E-state index contributed by atoms with van der Waals surface area (Å²) >= 11 is 7.41. The first-order valence-corrected chi connectivity index (χ1v) is 6.93. The highest BCUT2D eigenvalue weighted by molar-refractivity contribution is 7.09. The molecule has 4 nitrogen and oxygen atoms in total. The number of thiazole rings is 1. The number of carbonyl (C=O) groups excluding carboxylic acids is 1. The maximum absolute atomic E-state index is 12.2. The minimum atomic E-state index is -0.529. The molecule has 0 atom stereocenters. The van der Waals surface area contributed by atoms with Gasteiger partial charge in [0.25, 0.3) is 5.91 Å². The van der Waals surface area contributed by atoms with Crippen molar-refractivity contribution in [2.45, 2.75) is 19.4 Å². The average molecular weight is 296 g/mol. The molecule has 0 saturated carbocycles. The summed E-state index contributed by atoms with van der Waals surface area (Å²) in [5.41, 5.74) is 6.02. The summed E-state index contributed by atoms with van der Waals surface area (Å²) in [5.74, 6) is -0.206. The van der Waals surface area contributed by atoms with Crippen LogP contribution in [0.1, 0.15) is 29.2 Å². The number of hydrogen-bond donors (Lipinski definition) is 2. The van der Waals surface area contributed by atoms with Gasteiger partial charge in [-0.1, -0.05) is 11.6 Å². The van der Waals surface area contributed by atoms with E-state index in [0.29, 0.717) is 16.3 Å². The summed E-state index contributed by atoms with van der Waals surface area (Å²) in [4.78, 5) is 16.4. The van der Waals surface area contributed by atoms with Crippen molar-refractivity contribution in [2.75, 3.05) is 5.73 Å². The van der Waals surface area contributed by atoms with Crippen LogP contribution in [0.15, 0.2) is 29.8 Å². The van der Waals surface area contributed by atoms with Gasteiger partial charge in [-0.25, -0.2) is 4.98 Å². The molecule has 2 rings (SSSR count). The van der Waals surface area contributed by atoms with Crippen LogP contribution < -0.4 is 11.1 Å². The first-order valence-electron chi connectivity index (χ1n) is 5.67. The second-order valence-corrected chi connectivity index (χ2v) is 5.95. The quantitative estimate of drug-likeness (QED) is 0.855. The topological polar surface area (TPSA) is 68.0 Å². The number of hydrogen-bond acceptors (Lipinski definition) is 4. The van der Waals surface area contributed by atoms with Gasteiger partial charge < -0.3 is 11.1 Å². The van der Waals surface area contributed by atoms with E-state index in [9.17, 15) is 4.79 Å². The van der Waals surface area contributed by atoms with Crippen LogP contribution in [0, 0.1) is 0 Å². The number of amides is 1. The maximum atomic E-state index is 12.2. The van der Waals surface area contributed by atoms with E-state index in [-0.39, 0.29) is 5.91 Å². The third-order valence-electron chi connectivity index (χ3n) is 2.66. The largest absolute Gasteiger partial charge is 0.398 e. The Hall–Kier alpha value is -1.59. The molecule has 0 aliphatic rings. The number of nitrogens with zero attached hydrogens (tertiary/aromatic N) is 1. The van der Waals surface area contributed by atoms with E-state index < -0.39 is 5.54 Å². The molecule has 2 aromatic rings. The van der Waals surface area contributed by atoms with E-state index in [0.717, 1.165) is 5.01 Å². The van der Waals surface area contributed by atoms with Gasteiger partial charge in [0, 0.05) is 17.1 Å². The predicted molar refractivity (Wildman–Crippen MR) is 78.5 cm³/mol. The van der Waals surface area contributed by atoms with Crippen molar-refractivity contribution in [2.24, 2.45) is 0 Å². The monoisotopic (exact) mass is 295 g/mol. The van der Waals surface area contributed by atoms with Crippen molar-refractivity contribution < 1.29 is 4.79 Å². The summed E-state index contributed by atoms with van der Waals surface area (Å²) in [5, 5.41) is 6.03. The molecular weight excluding hydrogens is 282 g/mol. The van der Waals surface area contributed by atoms with Crippen molar-refractivity contribution >= 4 is 34.5 Å². The van der Waals surface area contributed by atoms with Crippen LogP contribution >= 0.6 is 22.9 Å². The van der Waals surface area contributed by atoms with E-state index in [1.807, 2.05) is 19.2 Å². The third-order valence-corrected chi connectivity index (χ3v) is 4.08. The van der Waals surface area contributed by atoms with Gasteiger partial charge in [-0.3, -0.25) is 4.79 Å². The number of halogens is 1. The molecule has 1 aromatic heterocycles. The van der Waals surface area contributed by atoms with Gasteiger partial charge in [0.2, 0.25) is 0 Å². The number of nitrogen functional groups attached to an aromatic ring is 1. The number of nitrogens with one attached hydrogen (secondary N) is 1. The fourth-order valence-corrected chi connectivity index (χ4v) is 2.51. The minimum absolute atomic E-state index is 0.206. The van der Waals surface area contributed by atoms with Crippen LogP contribution in [0.3, 0.4) is 0 Å². The first kappa shape index (κ1) is 13.8. The van der Waals surface area contributed by atoms with Crippen LogP contribution in [-0.2, 0) is 5.54 Å². The van der Waals surface area contributed by atoms with Crippen molar-refractivity contribution in [1.29, 1.82) is 0 Å². The van der Waals surface area contributed by atoms with Crippen LogP contribution in [0.5, 0.6) is 0 Å². The van der Waals surface area contributed by atoms with Crippen molar-refractivity contribution in [3.63, 3.8) is 0 Å². The van der Waals surface area contributed by atoms with E-state index in [1.165, 1.54) is 11.3 Å². The van der Waals surface area contributed by atoms with Crippen LogP contribution in [0.2, 0.25) is 5.02 Å². The van der Waals surface area contributed by atoms with Crippen LogP contribution in [-0.4, -0.2) is 10.9 Å². The normalized spacial score (nSPS) is 11.3. The number of nitrogens with two attached hydrogens (primary N) is 1. The Kier molecular flexibility index (Phi) is 3.78. The average Bonchev–Trinajstić information content (AvgIpc) is 2.86. The number of carbonyl (C=O) groups is 1. The molecule has 0 radical (unpaired) electrons. The molecule has 0 bridgehead atoms. The molecule has 0 fully saturated rings. The van der Waals surface area contributed by atoms with E-state index in [2.05, 4.69) is 10.3 Å². The lowest BCUT2D eigenvalue weighted by atomic mass is 10.1. The molecule has 6 heteroatoms. The lowest BCUT2D eigenvalue weighted by molar-refractivity contribution is 0.0912. The van der Waals surface area contributed by atoms with Gasteiger partial charge in [0.05, 0.1) is 16.2 Å². The fourth-order valence-electron chi connectivity index (χ4n) is 1.61. The van der Waals surface area contributed by atoms with Crippen molar-refractivity contribution in [3.05, 3.63) is 45.4 Å². The van der Waals surface area contributed by atoms with E-state index in [4.69, 9.17) is 17.3 Å². The maximum Gasteiger partial charge on any atom is 0.252 e. The molecule has 1 heterocycles. The second kappa shape index (κ2) is 5.19. The summed E-state index contributed by atoms with van der Waals surface area (Å²) in [6.07, 6.45) is 1.72. The van der Waals surface area contributed by atoms with Gasteiger partial charge in [-0.15, -0.1) is 11.3 Å². The Morgan fingerprint density at radius 3 is 2.79 bits per heavy atom. The standard InChI is InChI=1S/C13H14ClN3OS/c1-13(2,12-16-5-6-19-12)17-11(18)8-3-4-10(15)9(14)7-8/h3-7H,15H2,1-2H3,(H,17,18). The van der Waals surface area contributed by atoms with Crippen molar-refractivity contribution in [1.82, 2.24) is 10.3 Å². The smallest absolute Gasteiger partial charge is 0.252 e. The third kappa shape index (κ3) is 3.05. The van der Waals surface area contributed by atoms with Gasteiger partial charge in [0.1, 0.15) is 5.01 Å². The molecule has 1 aromatic carbocycles. The zero-order valence-electron chi connectivity index (χ0n) is 10.6. The molecule has 0 aliphatic heterocycles. The summed E-state index contributed by atoms with van der Waals surface area (Å²) in [7, 11) is 0. The highest BCUT2D eigenvalue weighted by atomic mass is 35.5. The number of benzene rings is 1. The Morgan fingerprint density at radius 2 is 2.21 bits per heavy atom. The lowest BCUT2D eigenvalue weighted by Gasteiger charge is -2.23. The Labute approximate surface area is 120 Å². The first-order chi connectivity index (χ1) is 8.90. The Morgan fingerprint density at radius 1 is 1.47 bits per heavy atom. The molecule has 19 heavy (non-hydrogen) atoms. The van der Waals surface area contributed by atoms with E-state index in [1.54, 1.807) is 24.4 Å². The Balaban J connectivity index is 2.19. The zero-order chi connectivity index (χ0) is 14.0. The molecule has 0 unspecified atom stereocenters. The summed E-state index contributed by atoms with van der Waals surface area (Å²) in [6.45, 7) is 3.81. The predicted octanol–water partition coefficient (Wildman–Crippen LogP) is 3.04. The number of rotatable bonds is 3.